The molecule has 0 aliphatic carbocycles. The van der Waals surface area contributed by atoms with Crippen LogP contribution in [0.25, 0.3) is 5.70 Å². The van der Waals surface area contributed by atoms with Crippen LogP contribution in [0.1, 0.15) is 31.5 Å². The van der Waals surface area contributed by atoms with Crippen molar-refractivity contribution in [3.63, 3.8) is 0 Å². The highest BCUT2D eigenvalue weighted by atomic mass is 79.9. The van der Waals surface area contributed by atoms with Gasteiger partial charge in [0.25, 0.3) is 5.91 Å². The van der Waals surface area contributed by atoms with Crippen LogP contribution in [0.5, 0.6) is 11.5 Å². The molecule has 0 fully saturated rings. The van der Waals surface area contributed by atoms with Crippen LogP contribution in [0.3, 0.4) is 0 Å². The number of amidine groups is 1. The summed E-state index contributed by atoms with van der Waals surface area (Å²) >= 11 is 5.04. The molecule has 162 valence electrons. The van der Waals surface area contributed by atoms with Gasteiger partial charge >= 0.3 is 0 Å². The van der Waals surface area contributed by atoms with E-state index in [-0.39, 0.29) is 5.91 Å². The number of methoxy groups -OCH3 is 2. The number of thioether (sulfide) groups is 1. The van der Waals surface area contributed by atoms with Gasteiger partial charge in [-0.1, -0.05) is 41.0 Å². The lowest BCUT2D eigenvalue weighted by Crippen LogP contribution is -2.50. The van der Waals surface area contributed by atoms with Crippen LogP contribution < -0.4 is 25.4 Å². The molecule has 0 bridgehead atoms. The van der Waals surface area contributed by atoms with Crippen LogP contribution in [-0.2, 0) is 4.79 Å². The number of ether oxygens (including phenoxy) is 2. The minimum absolute atomic E-state index is 0.199. The maximum atomic E-state index is 13.2. The molecule has 2 heterocycles. The molecule has 2 aliphatic rings. The predicted octanol–water partition coefficient (Wildman–Crippen LogP) is 3.14. The smallest absolute Gasteiger partial charge is 0.276 e. The number of nitrogens with one attached hydrogen (secondary N) is 1. The number of benzene rings is 2. The molecule has 4 rings (SSSR count). The highest BCUT2D eigenvalue weighted by Crippen LogP contribution is 2.37. The fraction of sp³-hybridized carbons (Fsp3) is 0.318. The zero-order valence-corrected chi connectivity index (χ0v) is 19.9. The van der Waals surface area contributed by atoms with E-state index in [1.165, 1.54) is 11.8 Å². The van der Waals surface area contributed by atoms with Crippen molar-refractivity contribution in [2.24, 2.45) is 10.1 Å². The van der Waals surface area contributed by atoms with Crippen LogP contribution in [0.15, 0.2) is 51.0 Å². The molecular weight excluding hydrogens is 480 g/mol. The summed E-state index contributed by atoms with van der Waals surface area (Å²) in [6.07, 6.45) is 1.56. The van der Waals surface area contributed by atoms with Crippen molar-refractivity contribution in [3.8, 4) is 11.5 Å². The monoisotopic (exact) mass is 502 g/mol. The van der Waals surface area contributed by atoms with Gasteiger partial charge in [-0.15, -0.1) is 5.10 Å². The average Bonchev–Trinajstić information content (AvgIpc) is 2.78. The van der Waals surface area contributed by atoms with Crippen LogP contribution in [0.4, 0.5) is 0 Å². The van der Waals surface area contributed by atoms with Gasteiger partial charge in [0.1, 0.15) is 17.2 Å². The summed E-state index contributed by atoms with van der Waals surface area (Å²) in [5.41, 5.74) is 1.23. The molecule has 2 aromatic rings. The fourth-order valence-corrected chi connectivity index (χ4v) is 4.77. The largest absolute Gasteiger partial charge is 0.497 e. The summed E-state index contributed by atoms with van der Waals surface area (Å²) in [6, 6.07) is 11.2. The number of hydrogen-bond acceptors (Lipinski definition) is 7. The Hall–Kier alpha value is -2.52. The lowest BCUT2D eigenvalue weighted by atomic mass is 10.1. The normalized spacial score (nSPS) is 17.2. The Kier molecular flexibility index (Phi) is 6.52. The Labute approximate surface area is 193 Å². The molecule has 0 saturated carbocycles. The third-order valence-corrected chi connectivity index (χ3v) is 6.46. The standard InChI is InChI=1S/C22H23BrN4O3S/c1-4-5-10-31-22-25-21(28)19-15-11-13(23)6-8-17(15)24-20(27(19)26-22)16-12-14(29-2)7-9-18(16)30-3/h6-9,11-12,20H,4-5,10H2,1-3H3,(H,25,26,28). The number of halogens is 1. The second kappa shape index (κ2) is 9.32. The SMILES string of the molecule is CCCCSC1=NN2C(=c3cc(Br)ccc3=NC2c2cc(OC)ccc2OC)C(=O)N1. The summed E-state index contributed by atoms with van der Waals surface area (Å²) in [7, 11) is 3.23. The van der Waals surface area contributed by atoms with E-state index in [0.717, 1.165) is 39.2 Å². The van der Waals surface area contributed by atoms with E-state index in [1.807, 2.05) is 36.4 Å². The van der Waals surface area contributed by atoms with E-state index in [0.29, 0.717) is 22.4 Å². The lowest BCUT2D eigenvalue weighted by molar-refractivity contribution is -0.116. The molecule has 0 spiro atoms. The molecule has 1 N–H and O–H groups in total. The highest BCUT2D eigenvalue weighted by Gasteiger charge is 2.36. The first kappa shape index (κ1) is 21.7. The van der Waals surface area contributed by atoms with Gasteiger partial charge in [0.2, 0.25) is 0 Å². The van der Waals surface area contributed by atoms with Gasteiger partial charge in [-0.3, -0.25) is 15.1 Å². The first-order valence-electron chi connectivity index (χ1n) is 9.97. The van der Waals surface area contributed by atoms with Crippen molar-refractivity contribution in [3.05, 3.63) is 57.0 Å². The van der Waals surface area contributed by atoms with E-state index in [9.17, 15) is 4.79 Å². The second-order valence-electron chi connectivity index (χ2n) is 7.03. The summed E-state index contributed by atoms with van der Waals surface area (Å²) in [5, 5.41) is 11.4. The molecule has 1 unspecified atom stereocenters. The number of hydrazone groups is 1. The van der Waals surface area contributed by atoms with Gasteiger partial charge in [0.15, 0.2) is 11.3 Å². The number of carbonyl (C=O) groups excluding carboxylic acids is 1. The first-order chi connectivity index (χ1) is 15.0. The number of hydrogen-bond donors (Lipinski definition) is 1. The van der Waals surface area contributed by atoms with E-state index in [4.69, 9.17) is 19.6 Å². The van der Waals surface area contributed by atoms with Crippen LogP contribution in [-0.4, -0.2) is 36.1 Å². The van der Waals surface area contributed by atoms with Crippen LogP contribution in [0.2, 0.25) is 0 Å². The molecule has 31 heavy (non-hydrogen) atoms. The Morgan fingerprint density at radius 2 is 2.03 bits per heavy atom. The summed E-state index contributed by atoms with van der Waals surface area (Å²) in [6.45, 7) is 2.14. The van der Waals surface area contributed by atoms with Crippen molar-refractivity contribution >= 4 is 44.5 Å². The molecule has 1 amide bonds. The summed E-state index contributed by atoms with van der Waals surface area (Å²) in [5.74, 6) is 2.01. The van der Waals surface area contributed by atoms with Crippen molar-refractivity contribution in [2.45, 2.75) is 25.9 Å². The molecule has 0 aromatic heterocycles. The minimum atomic E-state index is -0.568. The Morgan fingerprint density at radius 3 is 2.77 bits per heavy atom. The minimum Gasteiger partial charge on any atom is -0.497 e. The molecular formula is C22H23BrN4O3S. The topological polar surface area (TPSA) is 75.5 Å². The number of unbranched alkanes of at least 4 members (excludes halogenated alkanes) is 1. The molecule has 2 aliphatic heterocycles. The highest BCUT2D eigenvalue weighted by molar-refractivity contribution is 9.10. The molecule has 0 saturated heterocycles. The van der Waals surface area contributed by atoms with Crippen molar-refractivity contribution in [1.29, 1.82) is 0 Å². The van der Waals surface area contributed by atoms with E-state index < -0.39 is 6.17 Å². The average molecular weight is 503 g/mol. The molecule has 9 heteroatoms. The van der Waals surface area contributed by atoms with Gasteiger partial charge in [0.05, 0.1) is 19.6 Å². The molecule has 1 atom stereocenters. The van der Waals surface area contributed by atoms with Crippen molar-refractivity contribution in [1.82, 2.24) is 10.3 Å². The van der Waals surface area contributed by atoms with E-state index in [2.05, 4.69) is 28.2 Å². The molecule has 0 radical (unpaired) electrons. The fourth-order valence-electron chi connectivity index (χ4n) is 3.47. The number of rotatable bonds is 6. The lowest BCUT2D eigenvalue weighted by Gasteiger charge is -2.34. The van der Waals surface area contributed by atoms with Crippen LogP contribution >= 0.6 is 27.7 Å². The summed E-state index contributed by atoms with van der Waals surface area (Å²) < 4.78 is 11.9. The van der Waals surface area contributed by atoms with Gasteiger partial charge in [-0.05, 0) is 42.8 Å². The number of amides is 1. The Morgan fingerprint density at radius 1 is 1.19 bits per heavy atom. The zero-order chi connectivity index (χ0) is 22.0. The van der Waals surface area contributed by atoms with E-state index in [1.54, 1.807) is 19.2 Å². The Bertz CT molecular complexity index is 1170. The van der Waals surface area contributed by atoms with Gasteiger partial charge in [-0.25, -0.2) is 5.01 Å². The predicted molar refractivity (Wildman–Crippen MR) is 125 cm³/mol. The third kappa shape index (κ3) is 4.29. The Balaban J connectivity index is 1.91. The van der Waals surface area contributed by atoms with Gasteiger partial charge in [-0.2, -0.15) is 0 Å². The van der Waals surface area contributed by atoms with Crippen molar-refractivity contribution in [2.75, 3.05) is 20.0 Å². The molecule has 7 nitrogen and oxygen atoms in total. The quantitative estimate of drug-likeness (QED) is 0.614. The number of carbonyl (C=O) groups is 1. The molecule has 2 aromatic carbocycles. The third-order valence-electron chi connectivity index (χ3n) is 5.02. The summed E-state index contributed by atoms with van der Waals surface area (Å²) in [4.78, 5) is 18.1. The van der Waals surface area contributed by atoms with Crippen LogP contribution in [0, 0.1) is 0 Å². The van der Waals surface area contributed by atoms with Crippen molar-refractivity contribution < 1.29 is 14.3 Å². The van der Waals surface area contributed by atoms with Gasteiger partial charge in [0, 0.05) is 21.0 Å². The van der Waals surface area contributed by atoms with E-state index >= 15 is 0 Å². The second-order valence-corrected chi connectivity index (χ2v) is 9.03. The zero-order valence-electron chi connectivity index (χ0n) is 17.5. The van der Waals surface area contributed by atoms with Gasteiger partial charge < -0.3 is 9.47 Å². The number of nitrogens with zero attached hydrogens (tertiary/aromatic N) is 3. The first-order valence-corrected chi connectivity index (χ1v) is 11.7. The maximum absolute atomic E-state index is 13.2. The maximum Gasteiger partial charge on any atom is 0.276 e. The number of fused-ring (bicyclic) bond motifs is 2.